The van der Waals surface area contributed by atoms with Gasteiger partial charge in [0.15, 0.2) is 0 Å². The minimum atomic E-state index is -1.39. The summed E-state index contributed by atoms with van der Waals surface area (Å²) >= 11 is 5.88. The maximum Gasteiger partial charge on any atom is 0.142 e. The molecule has 1 aromatic carbocycles. The third-order valence-electron chi connectivity index (χ3n) is 2.28. The summed E-state index contributed by atoms with van der Waals surface area (Å²) in [4.78, 5) is 10.8. The van der Waals surface area contributed by atoms with E-state index in [1.165, 1.54) is 35.9 Å². The van der Waals surface area contributed by atoms with Crippen LogP contribution in [-0.4, -0.2) is 15.7 Å². The highest BCUT2D eigenvalue weighted by Crippen LogP contribution is 2.22. The lowest BCUT2D eigenvalue weighted by molar-refractivity contribution is -0.255. The van der Waals surface area contributed by atoms with E-state index in [1.54, 1.807) is 0 Å². The molecule has 0 amide bonds. The molecule has 0 aliphatic carbocycles. The van der Waals surface area contributed by atoms with Gasteiger partial charge >= 0.3 is 0 Å². The van der Waals surface area contributed by atoms with E-state index < -0.39 is 11.8 Å². The predicted molar refractivity (Wildman–Crippen MR) is 57.6 cm³/mol. The quantitative estimate of drug-likeness (QED) is 0.811. The molecule has 2 aromatic rings. The molecule has 17 heavy (non-hydrogen) atoms. The van der Waals surface area contributed by atoms with Gasteiger partial charge in [-0.2, -0.15) is 5.10 Å². The summed E-state index contributed by atoms with van der Waals surface area (Å²) in [7, 11) is 0. The molecular formula is C11H7ClFN2O2-. The Labute approximate surface area is 101 Å². The number of halogens is 2. The number of aromatic nitrogens is 2. The van der Waals surface area contributed by atoms with Gasteiger partial charge in [-0.15, -0.1) is 0 Å². The number of carbonyl (C=O) groups is 1. The molecule has 0 fully saturated rings. The molecule has 2 rings (SSSR count). The highest BCUT2D eigenvalue weighted by atomic mass is 35.5. The Balaban J connectivity index is 2.57. The highest BCUT2D eigenvalue weighted by molar-refractivity contribution is 6.32. The van der Waals surface area contributed by atoms with E-state index in [4.69, 9.17) is 11.6 Å². The maximum atomic E-state index is 12.7. The minimum absolute atomic E-state index is 0.0610. The molecule has 4 nitrogen and oxygen atoms in total. The fraction of sp³-hybridized carbons (Fsp3) is 0.0909. The van der Waals surface area contributed by atoms with Crippen molar-refractivity contribution in [2.24, 2.45) is 0 Å². The van der Waals surface area contributed by atoms with Crippen LogP contribution in [0, 0.1) is 12.7 Å². The van der Waals surface area contributed by atoms with Gasteiger partial charge in [-0.1, -0.05) is 11.6 Å². The van der Waals surface area contributed by atoms with Gasteiger partial charge in [-0.3, -0.25) is 0 Å². The van der Waals surface area contributed by atoms with Crippen LogP contribution < -0.4 is 5.11 Å². The zero-order chi connectivity index (χ0) is 12.6. The first-order valence-corrected chi connectivity index (χ1v) is 5.11. The Morgan fingerprint density at radius 3 is 2.47 bits per heavy atom. The Kier molecular flexibility index (Phi) is 2.85. The van der Waals surface area contributed by atoms with Crippen LogP contribution in [0.1, 0.15) is 16.1 Å². The smallest absolute Gasteiger partial charge is 0.142 e. The topological polar surface area (TPSA) is 58.0 Å². The number of aromatic carboxylic acids is 1. The van der Waals surface area contributed by atoms with Gasteiger partial charge in [0.2, 0.25) is 0 Å². The van der Waals surface area contributed by atoms with Crippen LogP contribution in [0.4, 0.5) is 4.39 Å². The Morgan fingerprint density at radius 2 is 2.00 bits per heavy atom. The number of carbonyl (C=O) groups excluding carboxylic acids is 1. The molecule has 1 heterocycles. The van der Waals surface area contributed by atoms with E-state index in [2.05, 4.69) is 5.10 Å². The van der Waals surface area contributed by atoms with E-state index >= 15 is 0 Å². The number of aryl methyl sites for hydroxylation is 1. The van der Waals surface area contributed by atoms with Crippen molar-refractivity contribution in [3.8, 4) is 5.69 Å². The number of hydrogen-bond donors (Lipinski definition) is 0. The fourth-order valence-electron chi connectivity index (χ4n) is 1.48. The van der Waals surface area contributed by atoms with Gasteiger partial charge in [0.1, 0.15) is 11.0 Å². The van der Waals surface area contributed by atoms with Crippen molar-refractivity contribution in [2.75, 3.05) is 0 Å². The number of rotatable bonds is 2. The molecule has 0 spiro atoms. The number of carboxylic acid groups (broad SMARTS) is 1. The molecule has 0 aliphatic heterocycles. The molecule has 1 aromatic heterocycles. The average molecular weight is 254 g/mol. The van der Waals surface area contributed by atoms with E-state index in [9.17, 15) is 14.3 Å². The molecule has 0 bridgehead atoms. The molecule has 88 valence electrons. The van der Waals surface area contributed by atoms with Crippen molar-refractivity contribution in [2.45, 2.75) is 6.92 Å². The zero-order valence-electron chi connectivity index (χ0n) is 8.78. The predicted octanol–water partition coefficient (Wildman–Crippen LogP) is 1.34. The lowest BCUT2D eigenvalue weighted by Gasteiger charge is -2.03. The van der Waals surface area contributed by atoms with Crippen LogP contribution in [0.25, 0.3) is 5.69 Å². The van der Waals surface area contributed by atoms with Crippen LogP contribution in [0.5, 0.6) is 0 Å². The lowest BCUT2D eigenvalue weighted by Crippen LogP contribution is -2.23. The van der Waals surface area contributed by atoms with Crippen LogP contribution in [0.2, 0.25) is 5.15 Å². The Morgan fingerprint density at radius 1 is 1.41 bits per heavy atom. The summed E-state index contributed by atoms with van der Waals surface area (Å²) in [5.74, 6) is -1.78. The summed E-state index contributed by atoms with van der Waals surface area (Å²) in [5.41, 5.74) is 0.572. The third-order valence-corrected chi connectivity index (χ3v) is 2.63. The van der Waals surface area contributed by atoms with E-state index in [0.29, 0.717) is 5.69 Å². The standard InChI is InChI=1S/C11H8ClFN2O2/c1-6-9(11(16)17)10(12)15(14-6)8-4-2-7(13)3-5-8/h2-5H,1H3,(H,16,17)/p-1. The largest absolute Gasteiger partial charge is 0.545 e. The van der Waals surface area contributed by atoms with Gasteiger partial charge in [-0.05, 0) is 31.2 Å². The number of nitrogens with zero attached hydrogens (tertiary/aromatic N) is 2. The third kappa shape index (κ3) is 2.01. The van der Waals surface area contributed by atoms with E-state index in [0.717, 1.165) is 0 Å². The Bertz CT molecular complexity index is 578. The van der Waals surface area contributed by atoms with Crippen molar-refractivity contribution in [1.82, 2.24) is 9.78 Å². The molecule has 0 aliphatic rings. The van der Waals surface area contributed by atoms with Crippen molar-refractivity contribution in [1.29, 1.82) is 0 Å². The Hall–Kier alpha value is -1.88. The molecule has 0 saturated heterocycles. The summed E-state index contributed by atoms with van der Waals surface area (Å²) in [5, 5.41) is 14.7. The van der Waals surface area contributed by atoms with Crippen LogP contribution in [-0.2, 0) is 0 Å². The van der Waals surface area contributed by atoms with E-state index in [1.807, 2.05) is 0 Å². The van der Waals surface area contributed by atoms with Gasteiger partial charge in [0.05, 0.1) is 22.9 Å². The second-order valence-electron chi connectivity index (χ2n) is 3.43. The average Bonchev–Trinajstić information content (AvgIpc) is 2.55. The zero-order valence-corrected chi connectivity index (χ0v) is 9.53. The molecule has 6 heteroatoms. The lowest BCUT2D eigenvalue weighted by atomic mass is 10.3. The normalized spacial score (nSPS) is 10.5. The maximum absolute atomic E-state index is 12.7. The summed E-state index contributed by atoms with van der Waals surface area (Å²) < 4.78 is 14.0. The molecule has 0 unspecified atom stereocenters. The van der Waals surface area contributed by atoms with Gasteiger partial charge in [0, 0.05) is 0 Å². The van der Waals surface area contributed by atoms with Crippen LogP contribution in [0.3, 0.4) is 0 Å². The second kappa shape index (κ2) is 4.18. The first kappa shape index (κ1) is 11.6. The summed E-state index contributed by atoms with van der Waals surface area (Å²) in [6.45, 7) is 1.51. The molecule has 0 radical (unpaired) electrons. The number of carboxylic acids is 1. The fourth-order valence-corrected chi connectivity index (χ4v) is 1.83. The van der Waals surface area contributed by atoms with Crippen LogP contribution >= 0.6 is 11.6 Å². The summed E-state index contributed by atoms with van der Waals surface area (Å²) in [6, 6.07) is 5.38. The van der Waals surface area contributed by atoms with Gasteiger partial charge < -0.3 is 9.90 Å². The minimum Gasteiger partial charge on any atom is -0.545 e. The first-order chi connectivity index (χ1) is 8.00. The van der Waals surface area contributed by atoms with Crippen LogP contribution in [0.15, 0.2) is 24.3 Å². The van der Waals surface area contributed by atoms with E-state index in [-0.39, 0.29) is 16.4 Å². The van der Waals surface area contributed by atoms with Gasteiger partial charge in [-0.25, -0.2) is 9.07 Å². The molecule has 0 N–H and O–H groups in total. The second-order valence-corrected chi connectivity index (χ2v) is 3.78. The SMILES string of the molecule is Cc1nn(-c2ccc(F)cc2)c(Cl)c1C(=O)[O-]. The first-order valence-electron chi connectivity index (χ1n) is 4.73. The highest BCUT2D eigenvalue weighted by Gasteiger charge is 2.15. The monoisotopic (exact) mass is 253 g/mol. The molecule has 0 saturated carbocycles. The number of hydrogen-bond acceptors (Lipinski definition) is 3. The van der Waals surface area contributed by atoms with Crippen molar-refractivity contribution >= 4 is 17.6 Å². The van der Waals surface area contributed by atoms with Crippen molar-refractivity contribution in [3.63, 3.8) is 0 Å². The molecular weight excluding hydrogens is 247 g/mol. The van der Waals surface area contributed by atoms with Crippen molar-refractivity contribution in [3.05, 3.63) is 46.5 Å². The summed E-state index contributed by atoms with van der Waals surface area (Å²) in [6.07, 6.45) is 0. The van der Waals surface area contributed by atoms with Crippen molar-refractivity contribution < 1.29 is 14.3 Å². The number of benzene rings is 1. The van der Waals surface area contributed by atoms with Gasteiger partial charge in [0.25, 0.3) is 0 Å². The molecule has 0 atom stereocenters.